The van der Waals surface area contributed by atoms with Crippen LogP contribution in [0.3, 0.4) is 0 Å². The zero-order chi connectivity index (χ0) is 19.7. The summed E-state index contributed by atoms with van der Waals surface area (Å²) in [5.41, 5.74) is 3.18. The van der Waals surface area contributed by atoms with Crippen LogP contribution in [0.25, 0.3) is 22.2 Å². The number of ether oxygens (including phenoxy) is 2. The third kappa shape index (κ3) is 3.34. The van der Waals surface area contributed by atoms with E-state index in [-0.39, 0.29) is 11.7 Å². The molecule has 1 unspecified atom stereocenters. The molecule has 0 spiro atoms. The molecule has 1 atom stereocenters. The van der Waals surface area contributed by atoms with Crippen molar-refractivity contribution in [2.45, 2.75) is 13.0 Å². The molecule has 144 valence electrons. The number of carbonyl (C=O) groups is 1. The standard InChI is InChI=1S/C21H20FN3O3/c1-12-7-17(22)16(9-15(12)21(26)27-2)20-14-4-3-13(8-18(14)24-11-25-20)19-10-23-5-6-28-19/h3-4,7-9,11,19,23H,5-6,10H2,1-2H3. The Bertz CT molecular complexity index is 1050. The molecule has 6 nitrogen and oxygen atoms in total. The number of methoxy groups -OCH3 is 1. The van der Waals surface area contributed by atoms with E-state index in [2.05, 4.69) is 15.3 Å². The van der Waals surface area contributed by atoms with E-state index >= 15 is 0 Å². The third-order valence-electron chi connectivity index (χ3n) is 4.93. The smallest absolute Gasteiger partial charge is 0.338 e. The van der Waals surface area contributed by atoms with Gasteiger partial charge in [-0.2, -0.15) is 0 Å². The van der Waals surface area contributed by atoms with Crippen LogP contribution in [0.2, 0.25) is 0 Å². The summed E-state index contributed by atoms with van der Waals surface area (Å²) in [6, 6.07) is 8.56. The lowest BCUT2D eigenvalue weighted by Crippen LogP contribution is -2.33. The Labute approximate surface area is 161 Å². The predicted molar refractivity (Wildman–Crippen MR) is 103 cm³/mol. The fourth-order valence-corrected chi connectivity index (χ4v) is 3.45. The molecule has 1 aliphatic rings. The molecule has 4 rings (SSSR count). The monoisotopic (exact) mass is 381 g/mol. The normalized spacial score (nSPS) is 16.9. The predicted octanol–water partition coefficient (Wildman–Crippen LogP) is 3.19. The first kappa shape index (κ1) is 18.5. The van der Waals surface area contributed by atoms with Crippen molar-refractivity contribution in [3.8, 4) is 11.3 Å². The highest BCUT2D eigenvalue weighted by Crippen LogP contribution is 2.31. The zero-order valence-electron chi connectivity index (χ0n) is 15.7. The van der Waals surface area contributed by atoms with Crippen molar-refractivity contribution < 1.29 is 18.7 Å². The van der Waals surface area contributed by atoms with E-state index in [4.69, 9.17) is 9.47 Å². The van der Waals surface area contributed by atoms with Crippen molar-refractivity contribution in [1.29, 1.82) is 0 Å². The molecule has 28 heavy (non-hydrogen) atoms. The summed E-state index contributed by atoms with van der Waals surface area (Å²) >= 11 is 0. The molecular weight excluding hydrogens is 361 g/mol. The SMILES string of the molecule is COC(=O)c1cc(-c2ncnc3cc(C4CNCCO4)ccc23)c(F)cc1C. The van der Waals surface area contributed by atoms with Gasteiger partial charge in [-0.25, -0.2) is 19.2 Å². The molecule has 2 aromatic carbocycles. The third-order valence-corrected chi connectivity index (χ3v) is 4.93. The number of rotatable bonds is 3. The number of aromatic nitrogens is 2. The van der Waals surface area contributed by atoms with E-state index in [1.807, 2.05) is 18.2 Å². The van der Waals surface area contributed by atoms with Crippen LogP contribution in [0.4, 0.5) is 4.39 Å². The summed E-state index contributed by atoms with van der Waals surface area (Å²) in [6.07, 6.45) is 1.36. The van der Waals surface area contributed by atoms with Gasteiger partial charge in [-0.1, -0.05) is 12.1 Å². The molecule has 1 N–H and O–H groups in total. The Morgan fingerprint density at radius 2 is 2.14 bits per heavy atom. The largest absolute Gasteiger partial charge is 0.465 e. The number of aryl methyl sites for hydroxylation is 1. The molecular formula is C21H20FN3O3. The molecule has 1 fully saturated rings. The van der Waals surface area contributed by atoms with E-state index < -0.39 is 11.8 Å². The maximum Gasteiger partial charge on any atom is 0.338 e. The minimum Gasteiger partial charge on any atom is -0.465 e. The quantitative estimate of drug-likeness (QED) is 0.703. The van der Waals surface area contributed by atoms with Gasteiger partial charge in [0.05, 0.1) is 36.6 Å². The van der Waals surface area contributed by atoms with Gasteiger partial charge in [-0.15, -0.1) is 0 Å². The Morgan fingerprint density at radius 3 is 2.89 bits per heavy atom. The Hall–Kier alpha value is -2.90. The first-order valence-corrected chi connectivity index (χ1v) is 9.04. The number of benzene rings is 2. The molecule has 1 aromatic heterocycles. The first-order chi connectivity index (χ1) is 13.6. The molecule has 2 heterocycles. The lowest BCUT2D eigenvalue weighted by molar-refractivity contribution is 0.0278. The minimum atomic E-state index is -0.513. The van der Waals surface area contributed by atoms with Gasteiger partial charge in [0.15, 0.2) is 0 Å². The van der Waals surface area contributed by atoms with Crippen LogP contribution in [-0.4, -0.2) is 42.7 Å². The summed E-state index contributed by atoms with van der Waals surface area (Å²) in [5, 5.41) is 4.00. The fraction of sp³-hybridized carbons (Fsp3) is 0.286. The molecule has 3 aromatic rings. The van der Waals surface area contributed by atoms with E-state index in [1.165, 1.54) is 25.6 Å². The van der Waals surface area contributed by atoms with Crippen LogP contribution in [-0.2, 0) is 9.47 Å². The summed E-state index contributed by atoms with van der Waals surface area (Å²) < 4.78 is 25.3. The minimum absolute atomic E-state index is 0.0430. The first-order valence-electron chi connectivity index (χ1n) is 9.04. The average molecular weight is 381 g/mol. The molecule has 0 saturated carbocycles. The van der Waals surface area contributed by atoms with Crippen molar-refractivity contribution in [3.63, 3.8) is 0 Å². The number of esters is 1. The average Bonchev–Trinajstić information content (AvgIpc) is 2.73. The van der Waals surface area contributed by atoms with Gasteiger partial charge in [0.2, 0.25) is 0 Å². The number of hydrogen-bond donors (Lipinski definition) is 1. The summed E-state index contributed by atoms with van der Waals surface area (Å²) in [7, 11) is 1.30. The van der Waals surface area contributed by atoms with Gasteiger partial charge in [-0.3, -0.25) is 0 Å². The molecule has 0 bridgehead atoms. The highest BCUT2D eigenvalue weighted by molar-refractivity contribution is 5.96. The number of fused-ring (bicyclic) bond motifs is 1. The summed E-state index contributed by atoms with van der Waals surface area (Å²) in [4.78, 5) is 20.6. The van der Waals surface area contributed by atoms with Crippen molar-refractivity contribution in [2.75, 3.05) is 26.8 Å². The van der Waals surface area contributed by atoms with Crippen molar-refractivity contribution in [1.82, 2.24) is 15.3 Å². The van der Waals surface area contributed by atoms with Crippen LogP contribution in [0.1, 0.15) is 27.6 Å². The second-order valence-corrected chi connectivity index (χ2v) is 6.70. The highest BCUT2D eigenvalue weighted by atomic mass is 19.1. The van der Waals surface area contributed by atoms with E-state index in [1.54, 1.807) is 6.92 Å². The van der Waals surface area contributed by atoms with Gasteiger partial charge in [0.1, 0.15) is 12.1 Å². The fourth-order valence-electron chi connectivity index (χ4n) is 3.45. The maximum absolute atomic E-state index is 14.7. The lowest BCUT2D eigenvalue weighted by atomic mass is 9.98. The van der Waals surface area contributed by atoms with Gasteiger partial charge in [0, 0.05) is 24.0 Å². The zero-order valence-corrected chi connectivity index (χ0v) is 15.7. The molecule has 0 radical (unpaired) electrons. The number of morpholine rings is 1. The van der Waals surface area contributed by atoms with Crippen LogP contribution >= 0.6 is 0 Å². The molecule has 1 aliphatic heterocycles. The van der Waals surface area contributed by atoms with Crippen molar-refractivity contribution in [2.24, 2.45) is 0 Å². The molecule has 1 saturated heterocycles. The van der Waals surface area contributed by atoms with Crippen LogP contribution in [0.15, 0.2) is 36.7 Å². The van der Waals surface area contributed by atoms with Crippen molar-refractivity contribution in [3.05, 3.63) is 59.2 Å². The highest BCUT2D eigenvalue weighted by Gasteiger charge is 2.20. The van der Waals surface area contributed by atoms with E-state index in [9.17, 15) is 9.18 Å². The topological polar surface area (TPSA) is 73.3 Å². The van der Waals surface area contributed by atoms with Crippen LogP contribution in [0, 0.1) is 12.7 Å². The van der Waals surface area contributed by atoms with E-state index in [0.29, 0.717) is 34.3 Å². The second-order valence-electron chi connectivity index (χ2n) is 6.70. The Balaban J connectivity index is 1.82. The Morgan fingerprint density at radius 1 is 1.29 bits per heavy atom. The number of nitrogens with zero attached hydrogens (tertiary/aromatic N) is 2. The van der Waals surface area contributed by atoms with Gasteiger partial charge in [0.25, 0.3) is 0 Å². The number of nitrogens with one attached hydrogen (secondary N) is 1. The van der Waals surface area contributed by atoms with Crippen molar-refractivity contribution >= 4 is 16.9 Å². The molecule has 7 heteroatoms. The maximum atomic E-state index is 14.7. The van der Waals surface area contributed by atoms with Gasteiger partial charge in [-0.05, 0) is 36.2 Å². The Kier molecular flexibility index (Phi) is 5.02. The van der Waals surface area contributed by atoms with Gasteiger partial charge >= 0.3 is 5.97 Å². The van der Waals surface area contributed by atoms with Crippen LogP contribution < -0.4 is 5.32 Å². The van der Waals surface area contributed by atoms with E-state index in [0.717, 1.165) is 18.7 Å². The number of hydrogen-bond acceptors (Lipinski definition) is 6. The molecule has 0 aliphatic carbocycles. The number of carbonyl (C=O) groups excluding carboxylic acids is 1. The molecule has 0 amide bonds. The summed E-state index contributed by atoms with van der Waals surface area (Å²) in [5.74, 6) is -0.963. The summed E-state index contributed by atoms with van der Waals surface area (Å²) in [6.45, 7) is 3.90. The second kappa shape index (κ2) is 7.61. The lowest BCUT2D eigenvalue weighted by Gasteiger charge is -2.24. The van der Waals surface area contributed by atoms with Gasteiger partial charge < -0.3 is 14.8 Å². The number of halogens is 1. The van der Waals surface area contributed by atoms with Crippen LogP contribution in [0.5, 0.6) is 0 Å².